The van der Waals surface area contributed by atoms with Crippen molar-refractivity contribution >= 4 is 17.5 Å². The molecule has 2 N–H and O–H groups in total. The topological polar surface area (TPSA) is 49.8 Å². The number of aromatic nitrogens is 2. The summed E-state index contributed by atoms with van der Waals surface area (Å²) in [5, 5.41) is 6.22. The Kier molecular flexibility index (Phi) is 6.13. The van der Waals surface area contributed by atoms with Gasteiger partial charge in [-0.05, 0) is 49.6 Å². The van der Waals surface area contributed by atoms with Crippen LogP contribution in [0.2, 0.25) is 0 Å². The molecule has 7 heteroatoms. The Bertz CT molecular complexity index is 894. The van der Waals surface area contributed by atoms with Crippen molar-refractivity contribution in [2.75, 3.05) is 17.2 Å². The van der Waals surface area contributed by atoms with Crippen molar-refractivity contribution in [1.29, 1.82) is 0 Å². The number of nitrogens with zero attached hydrogens (tertiary/aromatic N) is 2. The molecule has 3 aromatic rings. The van der Waals surface area contributed by atoms with E-state index in [1.54, 1.807) is 6.07 Å². The van der Waals surface area contributed by atoms with E-state index in [9.17, 15) is 13.2 Å². The minimum atomic E-state index is -4.35. The second-order valence-electron chi connectivity index (χ2n) is 6.43. The van der Waals surface area contributed by atoms with Crippen molar-refractivity contribution in [3.05, 3.63) is 77.5 Å². The van der Waals surface area contributed by atoms with Gasteiger partial charge in [0.2, 0.25) is 5.95 Å². The predicted octanol–water partition coefficient (Wildman–Crippen LogP) is 5.59. The second-order valence-corrected chi connectivity index (χ2v) is 6.43. The normalized spacial score (nSPS) is 11.3. The molecule has 1 heterocycles. The van der Waals surface area contributed by atoms with Gasteiger partial charge in [-0.25, -0.2) is 4.98 Å². The van der Waals surface area contributed by atoms with E-state index >= 15 is 0 Å². The first kappa shape index (κ1) is 19.7. The molecule has 1 aromatic heterocycles. The van der Waals surface area contributed by atoms with E-state index in [4.69, 9.17) is 0 Å². The fraction of sp³-hybridized carbons (Fsp3) is 0.238. The van der Waals surface area contributed by atoms with Gasteiger partial charge in [-0.3, -0.25) is 0 Å². The molecular weight excluding hydrogens is 365 g/mol. The zero-order valence-electron chi connectivity index (χ0n) is 15.4. The maximum absolute atomic E-state index is 12.7. The van der Waals surface area contributed by atoms with Crippen molar-refractivity contribution in [2.45, 2.75) is 25.9 Å². The summed E-state index contributed by atoms with van der Waals surface area (Å²) in [6.07, 6.45) is -2.46. The summed E-state index contributed by atoms with van der Waals surface area (Å²) in [7, 11) is 0. The van der Waals surface area contributed by atoms with Crippen LogP contribution in [-0.4, -0.2) is 16.5 Å². The maximum atomic E-state index is 12.7. The molecule has 0 saturated heterocycles. The molecule has 0 aliphatic carbocycles. The lowest BCUT2D eigenvalue weighted by molar-refractivity contribution is -0.137. The Morgan fingerprint density at radius 2 is 1.64 bits per heavy atom. The van der Waals surface area contributed by atoms with Crippen LogP contribution in [0.1, 0.15) is 23.2 Å². The van der Waals surface area contributed by atoms with Crippen LogP contribution in [0.25, 0.3) is 0 Å². The molecule has 4 nitrogen and oxygen atoms in total. The van der Waals surface area contributed by atoms with Crippen LogP contribution in [0.3, 0.4) is 0 Å². The fourth-order valence-corrected chi connectivity index (χ4v) is 2.74. The van der Waals surface area contributed by atoms with Crippen LogP contribution in [-0.2, 0) is 12.6 Å². The summed E-state index contributed by atoms with van der Waals surface area (Å²) >= 11 is 0. The van der Waals surface area contributed by atoms with Crippen LogP contribution >= 0.6 is 0 Å². The zero-order valence-corrected chi connectivity index (χ0v) is 15.4. The summed E-state index contributed by atoms with van der Waals surface area (Å²) < 4.78 is 38.0. The fourth-order valence-electron chi connectivity index (χ4n) is 2.74. The number of rotatable bonds is 7. The molecule has 0 aliphatic rings. The van der Waals surface area contributed by atoms with Gasteiger partial charge < -0.3 is 10.6 Å². The number of aryl methyl sites for hydroxylation is 2. The average Bonchev–Trinajstić information content (AvgIpc) is 2.65. The first-order valence-corrected chi connectivity index (χ1v) is 8.98. The number of halogens is 3. The molecule has 28 heavy (non-hydrogen) atoms. The number of nitrogens with one attached hydrogen (secondary N) is 2. The lowest BCUT2D eigenvalue weighted by atomic mass is 10.1. The van der Waals surface area contributed by atoms with Crippen LogP contribution in [0.4, 0.5) is 30.6 Å². The number of hydrogen-bond acceptors (Lipinski definition) is 4. The highest BCUT2D eigenvalue weighted by Gasteiger charge is 2.29. The van der Waals surface area contributed by atoms with Gasteiger partial charge in [0.1, 0.15) is 5.82 Å². The molecule has 2 aromatic carbocycles. The summed E-state index contributed by atoms with van der Waals surface area (Å²) in [6, 6.07) is 16.8. The van der Waals surface area contributed by atoms with Crippen molar-refractivity contribution in [2.24, 2.45) is 0 Å². The minimum absolute atomic E-state index is 0.488. The molecule has 0 atom stereocenters. The van der Waals surface area contributed by atoms with E-state index in [2.05, 4.69) is 32.7 Å². The third-order valence-electron chi connectivity index (χ3n) is 4.11. The Labute approximate surface area is 161 Å². The first-order valence-electron chi connectivity index (χ1n) is 8.98. The van der Waals surface area contributed by atoms with E-state index in [0.29, 0.717) is 17.5 Å². The quantitative estimate of drug-likeness (QED) is 0.520. The van der Waals surface area contributed by atoms with Crippen LogP contribution < -0.4 is 10.6 Å². The number of hydrogen-bond donors (Lipinski definition) is 2. The molecule has 0 saturated carbocycles. The maximum Gasteiger partial charge on any atom is 0.416 e. The standard InChI is InChI=1S/C21H21F3N4/c1-15-14-19(27-18-11-9-17(10-12-18)21(22,23)24)28-20(26-15)25-13-5-8-16-6-3-2-4-7-16/h2-4,6-7,9-12,14H,5,8,13H2,1H3,(H2,25,26,27,28). The van der Waals surface area contributed by atoms with Gasteiger partial charge in [-0.2, -0.15) is 18.2 Å². The van der Waals surface area contributed by atoms with E-state index in [1.807, 2.05) is 25.1 Å². The number of alkyl halides is 3. The molecular formula is C21H21F3N4. The van der Waals surface area contributed by atoms with Crippen molar-refractivity contribution in [3.8, 4) is 0 Å². The largest absolute Gasteiger partial charge is 0.416 e. The highest BCUT2D eigenvalue weighted by atomic mass is 19.4. The zero-order chi connectivity index (χ0) is 20.0. The molecule has 0 aliphatic heterocycles. The molecule has 0 radical (unpaired) electrons. The molecule has 0 spiro atoms. The third-order valence-corrected chi connectivity index (χ3v) is 4.11. The SMILES string of the molecule is Cc1cc(Nc2ccc(C(F)(F)F)cc2)nc(NCCCc2ccccc2)n1. The monoisotopic (exact) mass is 386 g/mol. The number of anilines is 3. The first-order chi connectivity index (χ1) is 13.4. The van der Waals surface area contributed by atoms with Gasteiger partial charge in [0.25, 0.3) is 0 Å². The van der Waals surface area contributed by atoms with E-state index in [-0.39, 0.29) is 0 Å². The van der Waals surface area contributed by atoms with Crippen LogP contribution in [0.15, 0.2) is 60.7 Å². The van der Waals surface area contributed by atoms with Gasteiger partial charge in [0.15, 0.2) is 0 Å². The highest BCUT2D eigenvalue weighted by molar-refractivity contribution is 5.58. The van der Waals surface area contributed by atoms with E-state index in [0.717, 1.165) is 37.2 Å². The van der Waals surface area contributed by atoms with Crippen LogP contribution in [0, 0.1) is 6.92 Å². The molecule has 146 valence electrons. The Hall–Kier alpha value is -3.09. The van der Waals surface area contributed by atoms with Gasteiger partial charge in [-0.1, -0.05) is 30.3 Å². The highest BCUT2D eigenvalue weighted by Crippen LogP contribution is 2.30. The van der Waals surface area contributed by atoms with Gasteiger partial charge in [-0.15, -0.1) is 0 Å². The lowest BCUT2D eigenvalue weighted by Gasteiger charge is -2.11. The summed E-state index contributed by atoms with van der Waals surface area (Å²) in [4.78, 5) is 8.74. The van der Waals surface area contributed by atoms with Crippen LogP contribution in [0.5, 0.6) is 0 Å². The van der Waals surface area contributed by atoms with Crippen molar-refractivity contribution < 1.29 is 13.2 Å². The van der Waals surface area contributed by atoms with Gasteiger partial charge >= 0.3 is 6.18 Å². The average molecular weight is 386 g/mol. The predicted molar refractivity (Wildman–Crippen MR) is 105 cm³/mol. The number of benzene rings is 2. The van der Waals surface area contributed by atoms with Gasteiger partial charge in [0.05, 0.1) is 5.56 Å². The third kappa shape index (κ3) is 5.70. The Morgan fingerprint density at radius 1 is 0.929 bits per heavy atom. The molecule has 0 amide bonds. The van der Waals surface area contributed by atoms with Gasteiger partial charge in [0, 0.05) is 24.0 Å². The van der Waals surface area contributed by atoms with Crippen molar-refractivity contribution in [1.82, 2.24) is 9.97 Å². The molecule has 0 bridgehead atoms. The lowest BCUT2D eigenvalue weighted by Crippen LogP contribution is -2.08. The summed E-state index contributed by atoms with van der Waals surface area (Å²) in [6.45, 7) is 2.56. The Morgan fingerprint density at radius 3 is 2.32 bits per heavy atom. The van der Waals surface area contributed by atoms with E-state index < -0.39 is 11.7 Å². The Balaban J connectivity index is 1.58. The molecule has 3 rings (SSSR count). The van der Waals surface area contributed by atoms with E-state index in [1.165, 1.54) is 17.7 Å². The van der Waals surface area contributed by atoms with Crippen molar-refractivity contribution in [3.63, 3.8) is 0 Å². The summed E-state index contributed by atoms with van der Waals surface area (Å²) in [5.41, 5.74) is 1.88. The molecule has 0 fully saturated rings. The minimum Gasteiger partial charge on any atom is -0.354 e. The summed E-state index contributed by atoms with van der Waals surface area (Å²) in [5.74, 6) is 1.01. The molecule has 0 unspecified atom stereocenters. The second kappa shape index (κ2) is 8.73. The smallest absolute Gasteiger partial charge is 0.354 e.